The van der Waals surface area contributed by atoms with Crippen molar-refractivity contribution in [2.75, 3.05) is 11.9 Å². The highest BCUT2D eigenvalue weighted by Crippen LogP contribution is 2.30. The number of carbonyl (C=O) groups is 4. The van der Waals surface area contributed by atoms with Gasteiger partial charge < -0.3 is 15.2 Å². The Morgan fingerprint density at radius 2 is 1.72 bits per heavy atom. The van der Waals surface area contributed by atoms with E-state index in [4.69, 9.17) is 0 Å². The second-order valence-corrected chi connectivity index (χ2v) is 6.97. The molecule has 0 saturated carbocycles. The van der Waals surface area contributed by atoms with Crippen LogP contribution in [0.3, 0.4) is 0 Å². The summed E-state index contributed by atoms with van der Waals surface area (Å²) in [6.45, 7) is -0.438. The van der Waals surface area contributed by atoms with Gasteiger partial charge in [-0.1, -0.05) is 54.6 Å². The summed E-state index contributed by atoms with van der Waals surface area (Å²) in [5.74, 6) is -2.44. The van der Waals surface area contributed by atoms with E-state index in [1.54, 1.807) is 12.2 Å². The zero-order valence-electron chi connectivity index (χ0n) is 15.0. The van der Waals surface area contributed by atoms with Crippen LogP contribution in [0.25, 0.3) is 6.08 Å². The number of rotatable bonds is 6. The molecule has 1 saturated heterocycles. The van der Waals surface area contributed by atoms with Gasteiger partial charge in [0.05, 0.1) is 10.9 Å². The average Bonchev–Trinajstić information content (AvgIpc) is 2.97. The smallest absolute Gasteiger partial charge is 0.294 e. The van der Waals surface area contributed by atoms with Crippen LogP contribution in [0.15, 0.2) is 71.7 Å². The summed E-state index contributed by atoms with van der Waals surface area (Å²) in [6.07, 6.45) is 5.01. The molecule has 1 aliphatic rings. The Bertz CT molecular complexity index is 1010. The highest BCUT2D eigenvalue weighted by atomic mass is 32.2. The molecule has 29 heavy (non-hydrogen) atoms. The average molecular weight is 407 g/mol. The topological polar surface area (TPSA) is 107 Å². The number of hydrogen-bond acceptors (Lipinski definition) is 6. The van der Waals surface area contributed by atoms with E-state index < -0.39 is 29.6 Å². The number of nitrogens with one attached hydrogen (secondary N) is 1. The number of imide groups is 1. The molecule has 2 aromatic carbocycles. The highest BCUT2D eigenvalue weighted by molar-refractivity contribution is 8.18. The lowest BCUT2D eigenvalue weighted by Gasteiger charge is -2.12. The van der Waals surface area contributed by atoms with Gasteiger partial charge in [-0.05, 0) is 41.1 Å². The maximum absolute atomic E-state index is 12.4. The lowest BCUT2D eigenvalue weighted by atomic mass is 10.2. The van der Waals surface area contributed by atoms with Gasteiger partial charge in [0.15, 0.2) is 0 Å². The van der Waals surface area contributed by atoms with Crippen molar-refractivity contribution in [2.45, 2.75) is 0 Å². The van der Waals surface area contributed by atoms with Crippen LogP contribution in [0.5, 0.6) is 0 Å². The molecule has 0 unspecified atom stereocenters. The monoisotopic (exact) mass is 407 g/mol. The van der Waals surface area contributed by atoms with Crippen molar-refractivity contribution in [3.63, 3.8) is 0 Å². The number of nitrogens with zero attached hydrogens (tertiary/aromatic N) is 1. The zero-order chi connectivity index (χ0) is 20.8. The Morgan fingerprint density at radius 1 is 1.03 bits per heavy atom. The second kappa shape index (κ2) is 9.03. The SMILES string of the molecule is O=C(CN1C(=O)S/C(=C\C=C\c2ccccc2)C1=O)Nc1ccc(C(=O)[O-])cc1. The minimum Gasteiger partial charge on any atom is -0.545 e. The first kappa shape index (κ1) is 20.1. The Hall–Kier alpha value is -3.65. The van der Waals surface area contributed by atoms with Crippen LogP contribution in [0.1, 0.15) is 15.9 Å². The third-order valence-electron chi connectivity index (χ3n) is 3.92. The van der Waals surface area contributed by atoms with Gasteiger partial charge in [-0.2, -0.15) is 0 Å². The molecule has 0 aliphatic carbocycles. The fraction of sp³-hybridized carbons (Fsp3) is 0.0476. The van der Waals surface area contributed by atoms with Crippen LogP contribution in [0, 0.1) is 0 Å². The molecular weight excluding hydrogens is 392 g/mol. The largest absolute Gasteiger partial charge is 0.545 e. The summed E-state index contributed by atoms with van der Waals surface area (Å²) in [5, 5.41) is 12.7. The molecule has 0 atom stereocenters. The molecular formula is C21H15N2O5S-. The number of hydrogen-bond donors (Lipinski definition) is 1. The van der Waals surface area contributed by atoms with Crippen LogP contribution in [-0.2, 0) is 9.59 Å². The summed E-state index contributed by atoms with van der Waals surface area (Å²) in [4.78, 5) is 48.5. The van der Waals surface area contributed by atoms with E-state index in [1.807, 2.05) is 30.3 Å². The summed E-state index contributed by atoms with van der Waals surface area (Å²) >= 11 is 0.765. The van der Waals surface area contributed by atoms with Gasteiger partial charge in [-0.3, -0.25) is 19.3 Å². The van der Waals surface area contributed by atoms with Gasteiger partial charge in [0.1, 0.15) is 6.54 Å². The first-order valence-corrected chi connectivity index (χ1v) is 9.34. The van der Waals surface area contributed by atoms with Gasteiger partial charge in [-0.25, -0.2) is 0 Å². The van der Waals surface area contributed by atoms with Crippen molar-refractivity contribution in [1.82, 2.24) is 4.90 Å². The van der Waals surface area contributed by atoms with Crippen LogP contribution < -0.4 is 10.4 Å². The first-order valence-electron chi connectivity index (χ1n) is 8.52. The molecule has 2 aromatic rings. The van der Waals surface area contributed by atoms with Crippen LogP contribution in [-0.4, -0.2) is 34.5 Å². The highest BCUT2D eigenvalue weighted by Gasteiger charge is 2.35. The summed E-state index contributed by atoms with van der Waals surface area (Å²) < 4.78 is 0. The van der Waals surface area contributed by atoms with Crippen LogP contribution in [0.4, 0.5) is 10.5 Å². The Morgan fingerprint density at radius 3 is 2.38 bits per heavy atom. The Kier molecular flexibility index (Phi) is 6.25. The van der Waals surface area contributed by atoms with E-state index in [9.17, 15) is 24.3 Å². The number of anilines is 1. The molecule has 1 fully saturated rings. The van der Waals surface area contributed by atoms with Crippen molar-refractivity contribution in [1.29, 1.82) is 0 Å². The van der Waals surface area contributed by atoms with E-state index in [2.05, 4.69) is 5.32 Å². The predicted molar refractivity (Wildman–Crippen MR) is 108 cm³/mol. The minimum absolute atomic E-state index is 0.0253. The van der Waals surface area contributed by atoms with E-state index >= 15 is 0 Å². The maximum Gasteiger partial charge on any atom is 0.294 e. The first-order chi connectivity index (χ1) is 13.9. The molecule has 146 valence electrons. The zero-order valence-corrected chi connectivity index (χ0v) is 15.8. The molecule has 1 aliphatic heterocycles. The molecule has 1 N–H and O–H groups in total. The van der Waals surface area contributed by atoms with E-state index in [0.717, 1.165) is 22.2 Å². The van der Waals surface area contributed by atoms with Crippen molar-refractivity contribution in [2.24, 2.45) is 0 Å². The number of carboxylic acid groups (broad SMARTS) is 1. The number of thioether (sulfide) groups is 1. The normalized spacial score (nSPS) is 15.3. The number of allylic oxidation sites excluding steroid dienone is 2. The molecule has 3 rings (SSSR count). The molecule has 7 nitrogen and oxygen atoms in total. The van der Waals surface area contributed by atoms with E-state index in [-0.39, 0.29) is 10.5 Å². The van der Waals surface area contributed by atoms with Gasteiger partial charge in [0.25, 0.3) is 11.1 Å². The Labute approximate surface area is 170 Å². The summed E-state index contributed by atoms with van der Waals surface area (Å²) in [5.41, 5.74) is 1.27. The molecule has 1 heterocycles. The van der Waals surface area contributed by atoms with Crippen molar-refractivity contribution in [3.05, 3.63) is 82.8 Å². The van der Waals surface area contributed by atoms with Gasteiger partial charge in [-0.15, -0.1) is 0 Å². The lowest BCUT2D eigenvalue weighted by Crippen LogP contribution is -2.36. The van der Waals surface area contributed by atoms with E-state index in [0.29, 0.717) is 5.69 Å². The second-order valence-electron chi connectivity index (χ2n) is 5.97. The molecule has 0 spiro atoms. The third kappa shape index (κ3) is 5.20. The predicted octanol–water partition coefficient (Wildman–Crippen LogP) is 2.28. The minimum atomic E-state index is -1.33. The van der Waals surface area contributed by atoms with E-state index in [1.165, 1.54) is 30.3 Å². The number of carboxylic acids is 1. The number of aromatic carboxylic acids is 1. The number of benzene rings is 2. The fourth-order valence-corrected chi connectivity index (χ4v) is 3.28. The molecule has 0 aromatic heterocycles. The van der Waals surface area contributed by atoms with Crippen molar-refractivity contribution in [3.8, 4) is 0 Å². The van der Waals surface area contributed by atoms with Crippen molar-refractivity contribution < 1.29 is 24.3 Å². The van der Waals surface area contributed by atoms with Gasteiger partial charge in [0.2, 0.25) is 5.91 Å². The van der Waals surface area contributed by atoms with Crippen LogP contribution >= 0.6 is 11.8 Å². The van der Waals surface area contributed by atoms with Crippen LogP contribution in [0.2, 0.25) is 0 Å². The van der Waals surface area contributed by atoms with Gasteiger partial charge >= 0.3 is 0 Å². The number of carbonyl (C=O) groups excluding carboxylic acids is 4. The Balaban J connectivity index is 1.60. The molecule has 0 radical (unpaired) electrons. The summed E-state index contributed by atoms with van der Waals surface area (Å²) in [7, 11) is 0. The van der Waals surface area contributed by atoms with Gasteiger partial charge in [0, 0.05) is 5.69 Å². The van der Waals surface area contributed by atoms with Crippen molar-refractivity contribution >= 4 is 46.5 Å². The molecule has 3 amide bonds. The molecule has 8 heteroatoms. The third-order valence-corrected chi connectivity index (χ3v) is 4.84. The fourth-order valence-electron chi connectivity index (χ4n) is 2.49. The standard InChI is InChI=1S/C21H16N2O5S/c24-18(22-16-11-9-15(10-12-16)20(26)27)13-23-19(25)17(29-21(23)28)8-4-7-14-5-2-1-3-6-14/h1-12H,13H2,(H,22,24)(H,26,27)/p-1/b7-4+,17-8-. The lowest BCUT2D eigenvalue weighted by molar-refractivity contribution is -0.255. The number of amides is 3. The quantitative estimate of drug-likeness (QED) is 0.737. The maximum atomic E-state index is 12.4. The summed E-state index contributed by atoms with van der Waals surface area (Å²) in [6, 6.07) is 14.8. The molecule has 0 bridgehead atoms.